The summed E-state index contributed by atoms with van der Waals surface area (Å²) >= 11 is 0. The zero-order chi connectivity index (χ0) is 15.7. The molecule has 0 radical (unpaired) electrons. The van der Waals surface area contributed by atoms with Crippen LogP contribution >= 0.6 is 0 Å². The van der Waals surface area contributed by atoms with Gasteiger partial charge in [-0.25, -0.2) is 0 Å². The molecule has 1 aliphatic carbocycles. The van der Waals surface area contributed by atoms with Crippen molar-refractivity contribution in [2.24, 2.45) is 5.92 Å². The molecule has 1 aromatic heterocycles. The third kappa shape index (κ3) is 3.33. The van der Waals surface area contributed by atoms with Crippen molar-refractivity contribution < 1.29 is 14.0 Å². The first kappa shape index (κ1) is 14.3. The molecular weight excluding hydrogens is 282 g/mol. The molecule has 0 atom stereocenters. The molecule has 6 heteroatoms. The first-order valence-corrected chi connectivity index (χ1v) is 7.17. The molecule has 2 aromatic rings. The van der Waals surface area contributed by atoms with Crippen molar-refractivity contribution in [1.82, 2.24) is 4.98 Å². The molecule has 1 saturated carbocycles. The van der Waals surface area contributed by atoms with Crippen LogP contribution in [0.3, 0.4) is 0 Å². The Morgan fingerprint density at radius 3 is 2.45 bits per heavy atom. The van der Waals surface area contributed by atoms with Crippen LogP contribution in [0.2, 0.25) is 0 Å². The van der Waals surface area contributed by atoms with Crippen LogP contribution in [-0.2, 0) is 4.79 Å². The minimum atomic E-state index is -0.374. The number of amides is 2. The summed E-state index contributed by atoms with van der Waals surface area (Å²) in [5.74, 6) is -0.428. The first-order chi connectivity index (χ1) is 10.5. The van der Waals surface area contributed by atoms with Crippen molar-refractivity contribution in [2.75, 3.05) is 10.6 Å². The summed E-state index contributed by atoms with van der Waals surface area (Å²) in [6.07, 6.45) is 3.03. The number of aromatic nitrogens is 1. The number of aryl methyl sites for hydroxylation is 2. The van der Waals surface area contributed by atoms with Crippen molar-refractivity contribution >= 4 is 23.5 Å². The van der Waals surface area contributed by atoms with Gasteiger partial charge < -0.3 is 9.73 Å². The van der Waals surface area contributed by atoms with Crippen LogP contribution in [0.4, 0.5) is 11.7 Å². The van der Waals surface area contributed by atoms with E-state index in [-0.39, 0.29) is 29.4 Å². The van der Waals surface area contributed by atoms with Gasteiger partial charge in [-0.05, 0) is 49.9 Å². The molecule has 1 fully saturated rings. The Kier molecular flexibility index (Phi) is 3.66. The Hall–Kier alpha value is -2.63. The SMILES string of the molecule is Cc1cc(C)cc(NC(=O)c2coc(NC(=O)C3CC3)n2)c1. The summed E-state index contributed by atoms with van der Waals surface area (Å²) in [7, 11) is 0. The molecule has 3 rings (SSSR count). The number of nitrogens with one attached hydrogen (secondary N) is 2. The molecule has 114 valence electrons. The Labute approximate surface area is 127 Å². The average Bonchev–Trinajstić information content (AvgIpc) is 3.18. The fourth-order valence-corrected chi connectivity index (χ4v) is 2.23. The van der Waals surface area contributed by atoms with Gasteiger partial charge in [0.05, 0.1) is 0 Å². The van der Waals surface area contributed by atoms with E-state index in [1.807, 2.05) is 32.0 Å². The van der Waals surface area contributed by atoms with Crippen LogP contribution in [0.1, 0.15) is 34.5 Å². The van der Waals surface area contributed by atoms with Crippen LogP contribution < -0.4 is 10.6 Å². The van der Waals surface area contributed by atoms with E-state index in [4.69, 9.17) is 4.42 Å². The van der Waals surface area contributed by atoms with E-state index in [1.54, 1.807) is 0 Å². The van der Waals surface area contributed by atoms with Crippen LogP contribution in [0.15, 0.2) is 28.9 Å². The summed E-state index contributed by atoms with van der Waals surface area (Å²) in [4.78, 5) is 27.7. The van der Waals surface area contributed by atoms with Gasteiger partial charge in [0.1, 0.15) is 6.26 Å². The topological polar surface area (TPSA) is 84.2 Å². The number of hydrogen-bond donors (Lipinski definition) is 2. The number of anilines is 2. The lowest BCUT2D eigenvalue weighted by Crippen LogP contribution is -2.15. The number of oxazole rings is 1. The zero-order valence-corrected chi connectivity index (χ0v) is 12.5. The maximum absolute atomic E-state index is 12.1. The highest BCUT2D eigenvalue weighted by Gasteiger charge is 2.30. The standard InChI is InChI=1S/C16H17N3O3/c1-9-5-10(2)7-12(6-9)17-15(21)13-8-22-16(18-13)19-14(20)11-3-4-11/h5-8,11H,3-4H2,1-2H3,(H,17,21)(H,18,19,20). The van der Waals surface area contributed by atoms with Crippen LogP contribution in [0.25, 0.3) is 0 Å². The molecular formula is C16H17N3O3. The van der Waals surface area contributed by atoms with Crippen LogP contribution in [0.5, 0.6) is 0 Å². The molecule has 1 aliphatic rings. The molecule has 6 nitrogen and oxygen atoms in total. The van der Waals surface area contributed by atoms with Gasteiger partial charge in [0.15, 0.2) is 5.69 Å². The minimum Gasteiger partial charge on any atom is -0.431 e. The molecule has 0 aliphatic heterocycles. The molecule has 22 heavy (non-hydrogen) atoms. The van der Waals surface area contributed by atoms with E-state index in [0.29, 0.717) is 5.69 Å². The summed E-state index contributed by atoms with van der Waals surface area (Å²) in [5.41, 5.74) is 2.96. The fraction of sp³-hybridized carbons (Fsp3) is 0.312. The largest absolute Gasteiger partial charge is 0.431 e. The number of benzene rings is 1. The Morgan fingerprint density at radius 1 is 1.14 bits per heavy atom. The zero-order valence-electron chi connectivity index (χ0n) is 12.5. The van der Waals surface area contributed by atoms with Gasteiger partial charge >= 0.3 is 6.01 Å². The van der Waals surface area contributed by atoms with Crippen LogP contribution in [0, 0.1) is 19.8 Å². The predicted octanol–water partition coefficient (Wildman–Crippen LogP) is 2.89. The Morgan fingerprint density at radius 2 is 1.82 bits per heavy atom. The lowest BCUT2D eigenvalue weighted by molar-refractivity contribution is -0.117. The molecule has 1 heterocycles. The number of rotatable bonds is 4. The van der Waals surface area contributed by atoms with Gasteiger partial charge in [0, 0.05) is 11.6 Å². The Balaban J connectivity index is 1.67. The molecule has 0 bridgehead atoms. The van der Waals surface area contributed by atoms with Crippen molar-refractivity contribution in [3.8, 4) is 0 Å². The van der Waals surface area contributed by atoms with E-state index in [9.17, 15) is 9.59 Å². The van der Waals surface area contributed by atoms with Gasteiger partial charge in [-0.15, -0.1) is 0 Å². The summed E-state index contributed by atoms with van der Waals surface area (Å²) in [6.45, 7) is 3.93. The van der Waals surface area contributed by atoms with E-state index >= 15 is 0 Å². The second-order valence-corrected chi connectivity index (χ2v) is 5.63. The van der Waals surface area contributed by atoms with E-state index in [2.05, 4.69) is 15.6 Å². The molecule has 0 saturated heterocycles. The van der Waals surface area contributed by atoms with Gasteiger partial charge in [0.2, 0.25) is 5.91 Å². The molecule has 2 N–H and O–H groups in total. The van der Waals surface area contributed by atoms with E-state index in [0.717, 1.165) is 24.0 Å². The van der Waals surface area contributed by atoms with Crippen molar-refractivity contribution in [2.45, 2.75) is 26.7 Å². The molecule has 1 aromatic carbocycles. The van der Waals surface area contributed by atoms with Gasteiger partial charge in [-0.2, -0.15) is 4.98 Å². The normalized spacial score (nSPS) is 13.7. The molecule has 0 spiro atoms. The second-order valence-electron chi connectivity index (χ2n) is 5.63. The third-order valence-electron chi connectivity index (χ3n) is 3.39. The average molecular weight is 299 g/mol. The van der Waals surface area contributed by atoms with Gasteiger partial charge in [0.25, 0.3) is 5.91 Å². The highest BCUT2D eigenvalue weighted by atomic mass is 16.4. The first-order valence-electron chi connectivity index (χ1n) is 7.17. The van der Waals surface area contributed by atoms with Crippen molar-refractivity contribution in [3.05, 3.63) is 41.3 Å². The van der Waals surface area contributed by atoms with E-state index in [1.165, 1.54) is 6.26 Å². The Bertz CT molecular complexity index is 712. The second kappa shape index (κ2) is 5.63. The lowest BCUT2D eigenvalue weighted by Gasteiger charge is -2.05. The van der Waals surface area contributed by atoms with Gasteiger partial charge in [-0.1, -0.05) is 6.07 Å². The summed E-state index contributed by atoms with van der Waals surface area (Å²) in [5, 5.41) is 5.33. The maximum Gasteiger partial charge on any atom is 0.302 e. The predicted molar refractivity (Wildman–Crippen MR) is 81.7 cm³/mol. The summed E-state index contributed by atoms with van der Waals surface area (Å²) < 4.78 is 5.12. The third-order valence-corrected chi connectivity index (χ3v) is 3.39. The quantitative estimate of drug-likeness (QED) is 0.909. The van der Waals surface area contributed by atoms with E-state index < -0.39 is 0 Å². The number of nitrogens with zero attached hydrogens (tertiary/aromatic N) is 1. The fourth-order valence-electron chi connectivity index (χ4n) is 2.23. The smallest absolute Gasteiger partial charge is 0.302 e. The van der Waals surface area contributed by atoms with Crippen molar-refractivity contribution in [1.29, 1.82) is 0 Å². The summed E-state index contributed by atoms with van der Waals surface area (Å²) in [6, 6.07) is 5.83. The highest BCUT2D eigenvalue weighted by molar-refractivity contribution is 6.03. The highest BCUT2D eigenvalue weighted by Crippen LogP contribution is 2.30. The van der Waals surface area contributed by atoms with Gasteiger partial charge in [-0.3, -0.25) is 14.9 Å². The number of carbonyl (C=O) groups is 2. The lowest BCUT2D eigenvalue weighted by atomic mass is 10.1. The monoisotopic (exact) mass is 299 g/mol. The maximum atomic E-state index is 12.1. The number of carbonyl (C=O) groups excluding carboxylic acids is 2. The van der Waals surface area contributed by atoms with Crippen molar-refractivity contribution in [3.63, 3.8) is 0 Å². The molecule has 0 unspecified atom stereocenters. The molecule has 2 amide bonds. The minimum absolute atomic E-state index is 0.0550. The van der Waals surface area contributed by atoms with Crippen LogP contribution in [-0.4, -0.2) is 16.8 Å². The number of hydrogen-bond acceptors (Lipinski definition) is 4.